The highest BCUT2D eigenvalue weighted by Crippen LogP contribution is 2.36. The molecule has 154 valence electrons. The molecule has 1 aromatic carbocycles. The maximum absolute atomic E-state index is 13.4. The van der Waals surface area contributed by atoms with Crippen LogP contribution in [0.15, 0.2) is 30.3 Å². The topological polar surface area (TPSA) is 52.7 Å². The van der Waals surface area contributed by atoms with Gasteiger partial charge >= 0.3 is 0 Å². The monoisotopic (exact) mass is 385 g/mol. The number of likely N-dealkylation sites (tertiary alicyclic amines) is 2. The van der Waals surface area contributed by atoms with Crippen molar-refractivity contribution in [3.05, 3.63) is 35.9 Å². The summed E-state index contributed by atoms with van der Waals surface area (Å²) in [5.74, 6) is 1.15. The number of carbonyl (C=O) groups excluding carboxylic acids is 2. The maximum Gasteiger partial charge on any atom is 0.246 e. The molecule has 1 N–H and O–H groups in total. The van der Waals surface area contributed by atoms with Crippen LogP contribution in [0.3, 0.4) is 0 Å². The van der Waals surface area contributed by atoms with Gasteiger partial charge in [-0.3, -0.25) is 9.59 Å². The van der Waals surface area contributed by atoms with Crippen LogP contribution in [0.4, 0.5) is 0 Å². The van der Waals surface area contributed by atoms with Crippen LogP contribution in [0.5, 0.6) is 0 Å². The second-order valence-electron chi connectivity index (χ2n) is 9.03. The molecule has 0 bridgehead atoms. The molecule has 0 spiro atoms. The van der Waals surface area contributed by atoms with E-state index in [0.29, 0.717) is 24.8 Å². The van der Waals surface area contributed by atoms with Gasteiger partial charge in [-0.2, -0.15) is 0 Å². The van der Waals surface area contributed by atoms with Gasteiger partial charge in [0.1, 0.15) is 5.54 Å². The van der Waals surface area contributed by atoms with Crippen molar-refractivity contribution >= 4 is 11.8 Å². The summed E-state index contributed by atoms with van der Waals surface area (Å²) < 4.78 is 0. The van der Waals surface area contributed by atoms with Crippen LogP contribution in [-0.4, -0.2) is 60.4 Å². The van der Waals surface area contributed by atoms with Gasteiger partial charge in [-0.25, -0.2) is 0 Å². The Morgan fingerprint density at radius 2 is 1.89 bits per heavy atom. The molecule has 0 aliphatic carbocycles. The first kappa shape index (κ1) is 20.8. The molecule has 2 amide bonds. The van der Waals surface area contributed by atoms with Crippen molar-refractivity contribution in [3.63, 3.8) is 0 Å². The number of piperidine rings is 1. The van der Waals surface area contributed by atoms with Gasteiger partial charge < -0.3 is 15.1 Å². The first-order valence-electron chi connectivity index (χ1n) is 10.7. The largest absolute Gasteiger partial charge is 0.354 e. The third kappa shape index (κ3) is 4.75. The Hall–Kier alpha value is -1.88. The third-order valence-corrected chi connectivity index (χ3v) is 6.31. The first-order valence-corrected chi connectivity index (χ1v) is 10.7. The smallest absolute Gasteiger partial charge is 0.246 e. The standard InChI is InChI=1S/C23H35N3O2/c1-18(2)15-20-16-21(27)26(17-20)23(10-13-25(3)14-11-23)22(28)24-12-9-19-7-5-4-6-8-19/h4-8,18,20H,9-17H2,1-3H3,(H,24,28)/t20-/m1/s1. The van der Waals surface area contributed by atoms with Crippen molar-refractivity contribution in [3.8, 4) is 0 Å². The predicted molar refractivity (Wildman–Crippen MR) is 112 cm³/mol. The first-order chi connectivity index (χ1) is 13.4. The van der Waals surface area contributed by atoms with Crippen molar-refractivity contribution in [2.24, 2.45) is 11.8 Å². The van der Waals surface area contributed by atoms with E-state index in [1.165, 1.54) is 5.56 Å². The summed E-state index contributed by atoms with van der Waals surface area (Å²) in [5.41, 5.74) is 0.543. The van der Waals surface area contributed by atoms with Crippen LogP contribution in [0.2, 0.25) is 0 Å². The third-order valence-electron chi connectivity index (χ3n) is 6.31. The summed E-state index contributed by atoms with van der Waals surface area (Å²) in [6, 6.07) is 10.2. The SMILES string of the molecule is CC(C)C[C@@H]1CC(=O)N(C2(C(=O)NCCc3ccccc3)CCN(C)CC2)C1. The molecule has 0 unspecified atom stereocenters. The van der Waals surface area contributed by atoms with E-state index in [1.54, 1.807) is 0 Å². The fourth-order valence-corrected chi connectivity index (χ4v) is 4.76. The molecule has 28 heavy (non-hydrogen) atoms. The Labute approximate surface area is 169 Å². The second-order valence-corrected chi connectivity index (χ2v) is 9.03. The Morgan fingerprint density at radius 1 is 1.21 bits per heavy atom. The summed E-state index contributed by atoms with van der Waals surface area (Å²) in [6.45, 7) is 7.45. The lowest BCUT2D eigenvalue weighted by Crippen LogP contribution is -2.63. The van der Waals surface area contributed by atoms with Gasteiger partial charge in [0.05, 0.1) is 0 Å². The average molecular weight is 386 g/mol. The molecule has 3 rings (SSSR count). The molecule has 2 saturated heterocycles. The molecule has 1 aromatic rings. The number of nitrogens with one attached hydrogen (secondary N) is 1. The Bertz CT molecular complexity index is 666. The molecule has 5 nitrogen and oxygen atoms in total. The molecule has 2 heterocycles. The molecule has 0 aromatic heterocycles. The van der Waals surface area contributed by atoms with E-state index in [9.17, 15) is 9.59 Å². The van der Waals surface area contributed by atoms with E-state index >= 15 is 0 Å². The average Bonchev–Trinajstić information content (AvgIpc) is 3.03. The summed E-state index contributed by atoms with van der Waals surface area (Å²) in [7, 11) is 2.09. The van der Waals surface area contributed by atoms with E-state index in [0.717, 1.165) is 45.3 Å². The number of carbonyl (C=O) groups is 2. The van der Waals surface area contributed by atoms with Gasteiger partial charge in [-0.15, -0.1) is 0 Å². The fraction of sp³-hybridized carbons (Fsp3) is 0.652. The zero-order chi connectivity index (χ0) is 20.1. The molecule has 1 atom stereocenters. The number of hydrogen-bond acceptors (Lipinski definition) is 3. The van der Waals surface area contributed by atoms with Crippen molar-refractivity contribution in [2.45, 2.75) is 51.5 Å². The zero-order valence-corrected chi connectivity index (χ0v) is 17.6. The minimum atomic E-state index is -0.675. The number of benzene rings is 1. The Kier molecular flexibility index (Phi) is 6.76. The number of hydrogen-bond donors (Lipinski definition) is 1. The normalized spacial score (nSPS) is 22.6. The van der Waals surface area contributed by atoms with Crippen LogP contribution in [0, 0.1) is 11.8 Å². The van der Waals surface area contributed by atoms with Crippen molar-refractivity contribution < 1.29 is 9.59 Å². The summed E-state index contributed by atoms with van der Waals surface area (Å²) >= 11 is 0. The molecule has 2 aliphatic heterocycles. The van der Waals surface area contributed by atoms with Gasteiger partial charge in [0.25, 0.3) is 0 Å². The van der Waals surface area contributed by atoms with Crippen molar-refractivity contribution in [2.75, 3.05) is 33.2 Å². The molecule has 5 heteroatoms. The van der Waals surface area contributed by atoms with Gasteiger partial charge in [0.15, 0.2) is 0 Å². The van der Waals surface area contributed by atoms with Crippen LogP contribution < -0.4 is 5.32 Å². The lowest BCUT2D eigenvalue weighted by molar-refractivity contribution is -0.148. The molecular formula is C23H35N3O2. The summed E-state index contributed by atoms with van der Waals surface area (Å²) in [5, 5.41) is 3.16. The van der Waals surface area contributed by atoms with E-state index in [2.05, 4.69) is 43.2 Å². The lowest BCUT2D eigenvalue weighted by Gasteiger charge is -2.45. The van der Waals surface area contributed by atoms with Gasteiger partial charge in [-0.1, -0.05) is 44.2 Å². The maximum atomic E-state index is 13.4. The van der Waals surface area contributed by atoms with E-state index in [1.807, 2.05) is 23.1 Å². The summed E-state index contributed by atoms with van der Waals surface area (Å²) in [4.78, 5) is 30.4. The second kappa shape index (κ2) is 9.08. The number of nitrogens with zero attached hydrogens (tertiary/aromatic N) is 2. The highest BCUT2D eigenvalue weighted by molar-refractivity contribution is 5.92. The fourth-order valence-electron chi connectivity index (χ4n) is 4.76. The number of amides is 2. The van der Waals surface area contributed by atoms with E-state index in [-0.39, 0.29) is 11.8 Å². The molecular weight excluding hydrogens is 350 g/mol. The lowest BCUT2D eigenvalue weighted by atomic mass is 9.84. The molecule has 0 saturated carbocycles. The predicted octanol–water partition coefficient (Wildman–Crippen LogP) is 2.70. The Morgan fingerprint density at radius 3 is 2.54 bits per heavy atom. The highest BCUT2D eigenvalue weighted by Gasteiger charge is 2.50. The highest BCUT2D eigenvalue weighted by atomic mass is 16.2. The molecule has 0 radical (unpaired) electrons. The van der Waals surface area contributed by atoms with Gasteiger partial charge in [-0.05, 0) is 50.1 Å². The van der Waals surface area contributed by atoms with Gasteiger partial charge in [0.2, 0.25) is 11.8 Å². The Balaban J connectivity index is 1.69. The van der Waals surface area contributed by atoms with Crippen LogP contribution in [-0.2, 0) is 16.0 Å². The number of rotatable bonds is 7. The summed E-state index contributed by atoms with van der Waals surface area (Å²) in [6.07, 6.45) is 3.90. The van der Waals surface area contributed by atoms with Crippen LogP contribution in [0.1, 0.15) is 45.1 Å². The minimum absolute atomic E-state index is 0.0371. The quantitative estimate of drug-likeness (QED) is 0.785. The molecule has 2 aliphatic rings. The molecule has 2 fully saturated rings. The van der Waals surface area contributed by atoms with Crippen molar-refractivity contribution in [1.82, 2.24) is 15.1 Å². The van der Waals surface area contributed by atoms with Crippen molar-refractivity contribution in [1.29, 1.82) is 0 Å². The van der Waals surface area contributed by atoms with Crippen LogP contribution in [0.25, 0.3) is 0 Å². The van der Waals surface area contributed by atoms with E-state index in [4.69, 9.17) is 0 Å². The zero-order valence-electron chi connectivity index (χ0n) is 17.6. The van der Waals surface area contributed by atoms with Crippen LogP contribution >= 0.6 is 0 Å². The van der Waals surface area contributed by atoms with E-state index < -0.39 is 5.54 Å². The van der Waals surface area contributed by atoms with Gasteiger partial charge in [0, 0.05) is 32.6 Å². The minimum Gasteiger partial charge on any atom is -0.354 e.